The van der Waals surface area contributed by atoms with Crippen LogP contribution in [0.2, 0.25) is 0 Å². The largest absolute Gasteiger partial charge is 0.327 e. The Balaban J connectivity index is 1.41. The van der Waals surface area contributed by atoms with E-state index in [4.69, 9.17) is 9.97 Å². The maximum Gasteiger partial charge on any atom is 0.124 e. The number of piperidine rings is 1. The van der Waals surface area contributed by atoms with E-state index in [-0.39, 0.29) is 0 Å². The molecule has 2 atom stereocenters. The lowest BCUT2D eigenvalue weighted by molar-refractivity contribution is 0.129. The molecule has 2 aliphatic rings. The second-order valence-electron chi connectivity index (χ2n) is 10.1. The van der Waals surface area contributed by atoms with Gasteiger partial charge in [0, 0.05) is 25.3 Å². The summed E-state index contributed by atoms with van der Waals surface area (Å²) in [5.74, 6) is 1.88. The van der Waals surface area contributed by atoms with Crippen LogP contribution in [0, 0.1) is 5.92 Å². The van der Waals surface area contributed by atoms with Gasteiger partial charge in [-0.3, -0.25) is 9.88 Å². The first-order valence-corrected chi connectivity index (χ1v) is 12.4. The van der Waals surface area contributed by atoms with Crippen molar-refractivity contribution < 1.29 is 0 Å². The number of nitrogens with zero attached hydrogens (tertiary/aromatic N) is 5. The number of aryl methyl sites for hydroxylation is 1. The number of benzene rings is 1. The van der Waals surface area contributed by atoms with Gasteiger partial charge in [-0.15, -0.1) is 0 Å². The summed E-state index contributed by atoms with van der Waals surface area (Å²) in [6, 6.07) is 14.0. The summed E-state index contributed by atoms with van der Waals surface area (Å²) in [6.07, 6.45) is 8.12. The Kier molecular flexibility index (Phi) is 6.29. The topological polar surface area (TPSA) is 37.2 Å². The molecule has 0 amide bonds. The van der Waals surface area contributed by atoms with Crippen LogP contribution in [0.3, 0.4) is 0 Å². The highest BCUT2D eigenvalue weighted by molar-refractivity contribution is 5.75. The summed E-state index contributed by atoms with van der Waals surface area (Å²) in [5.41, 5.74) is 5.08. The van der Waals surface area contributed by atoms with Crippen molar-refractivity contribution in [2.24, 2.45) is 5.92 Å². The van der Waals surface area contributed by atoms with E-state index in [1.807, 2.05) is 6.20 Å². The van der Waals surface area contributed by atoms with Gasteiger partial charge in [0.05, 0.1) is 29.3 Å². The standard InChI is InChI=1S/C27H37N5/c1-20(2)31-16-8-9-21(17-31)18-32-24-13-5-4-12-23(24)29-26(32)19-30(3)25-14-6-10-22-11-7-15-28-27(22)25/h4-5,7,11-13,15,20-21,25H,6,8-10,14,16-19H2,1-3H3/t21-,25-/m0/s1. The molecule has 2 aromatic heterocycles. The maximum absolute atomic E-state index is 5.11. The van der Waals surface area contributed by atoms with Gasteiger partial charge in [-0.2, -0.15) is 0 Å². The first-order valence-electron chi connectivity index (χ1n) is 12.4. The second-order valence-corrected chi connectivity index (χ2v) is 10.1. The van der Waals surface area contributed by atoms with Crippen molar-refractivity contribution in [1.82, 2.24) is 24.3 Å². The number of likely N-dealkylation sites (tertiary alicyclic amines) is 1. The Bertz CT molecular complexity index is 1060. The van der Waals surface area contributed by atoms with E-state index in [2.05, 4.69) is 71.7 Å². The number of hydrogen-bond donors (Lipinski definition) is 0. The van der Waals surface area contributed by atoms with Crippen LogP contribution in [-0.4, -0.2) is 50.5 Å². The number of hydrogen-bond acceptors (Lipinski definition) is 4. The molecule has 0 bridgehead atoms. The highest BCUT2D eigenvalue weighted by atomic mass is 15.2. The minimum atomic E-state index is 0.374. The first-order chi connectivity index (χ1) is 15.6. The Hall–Kier alpha value is -2.24. The van der Waals surface area contributed by atoms with Gasteiger partial charge in [0.1, 0.15) is 5.82 Å². The lowest BCUT2D eigenvalue weighted by Crippen LogP contribution is -2.41. The van der Waals surface area contributed by atoms with Crippen molar-refractivity contribution >= 4 is 11.0 Å². The van der Waals surface area contributed by atoms with Crippen LogP contribution in [-0.2, 0) is 19.5 Å². The minimum Gasteiger partial charge on any atom is -0.327 e. The van der Waals surface area contributed by atoms with Crippen LogP contribution in [0.1, 0.15) is 62.7 Å². The Morgan fingerprint density at radius 1 is 1.09 bits per heavy atom. The molecular formula is C27H37N5. The number of rotatable bonds is 6. The van der Waals surface area contributed by atoms with Gasteiger partial charge < -0.3 is 9.47 Å². The molecule has 1 aliphatic heterocycles. The third-order valence-corrected chi connectivity index (χ3v) is 7.54. The molecule has 0 unspecified atom stereocenters. The summed E-state index contributed by atoms with van der Waals surface area (Å²) in [7, 11) is 2.25. The summed E-state index contributed by atoms with van der Waals surface area (Å²) in [5, 5.41) is 0. The Labute approximate surface area is 192 Å². The summed E-state index contributed by atoms with van der Waals surface area (Å²) in [6.45, 7) is 9.00. The van der Waals surface area contributed by atoms with E-state index >= 15 is 0 Å². The molecule has 5 rings (SSSR count). The number of aromatic nitrogens is 3. The molecule has 1 aromatic carbocycles. The zero-order valence-corrected chi connectivity index (χ0v) is 19.9. The van der Waals surface area contributed by atoms with Crippen molar-refractivity contribution in [2.45, 2.75) is 71.1 Å². The zero-order chi connectivity index (χ0) is 22.1. The van der Waals surface area contributed by atoms with Crippen molar-refractivity contribution in [3.8, 4) is 0 Å². The Morgan fingerprint density at radius 2 is 1.97 bits per heavy atom. The maximum atomic E-state index is 5.11. The molecular weight excluding hydrogens is 394 g/mol. The van der Waals surface area contributed by atoms with Crippen molar-refractivity contribution in [2.75, 3.05) is 20.1 Å². The molecule has 0 radical (unpaired) electrons. The van der Waals surface area contributed by atoms with E-state index in [9.17, 15) is 0 Å². The molecule has 32 heavy (non-hydrogen) atoms. The monoisotopic (exact) mass is 431 g/mol. The zero-order valence-electron chi connectivity index (χ0n) is 19.9. The number of fused-ring (bicyclic) bond motifs is 2. The lowest BCUT2D eigenvalue weighted by atomic mass is 9.91. The van der Waals surface area contributed by atoms with Crippen LogP contribution in [0.5, 0.6) is 0 Å². The highest BCUT2D eigenvalue weighted by Crippen LogP contribution is 2.33. The quantitative estimate of drug-likeness (QED) is 0.547. The number of imidazole rings is 1. The summed E-state index contributed by atoms with van der Waals surface area (Å²) in [4.78, 5) is 15.0. The van der Waals surface area contributed by atoms with E-state index in [0.29, 0.717) is 18.0 Å². The molecule has 0 saturated carbocycles. The molecule has 1 saturated heterocycles. The molecule has 1 fully saturated rings. The van der Waals surface area contributed by atoms with Crippen LogP contribution in [0.25, 0.3) is 11.0 Å². The lowest BCUT2D eigenvalue weighted by Gasteiger charge is -2.36. The fourth-order valence-electron chi connectivity index (χ4n) is 5.77. The van der Waals surface area contributed by atoms with Crippen molar-refractivity contribution in [1.29, 1.82) is 0 Å². The van der Waals surface area contributed by atoms with Crippen LogP contribution < -0.4 is 0 Å². The van der Waals surface area contributed by atoms with Crippen molar-refractivity contribution in [3.63, 3.8) is 0 Å². The van der Waals surface area contributed by atoms with Gasteiger partial charge in [-0.05, 0) is 89.2 Å². The third-order valence-electron chi connectivity index (χ3n) is 7.54. The molecule has 0 spiro atoms. The average molecular weight is 432 g/mol. The average Bonchev–Trinajstić information content (AvgIpc) is 3.15. The fraction of sp³-hybridized carbons (Fsp3) is 0.556. The molecule has 5 nitrogen and oxygen atoms in total. The van der Waals surface area contributed by atoms with Gasteiger partial charge in [0.15, 0.2) is 0 Å². The summed E-state index contributed by atoms with van der Waals surface area (Å²) < 4.78 is 2.52. The van der Waals surface area contributed by atoms with E-state index in [1.165, 1.54) is 61.4 Å². The highest BCUT2D eigenvalue weighted by Gasteiger charge is 2.27. The minimum absolute atomic E-state index is 0.374. The van der Waals surface area contributed by atoms with E-state index in [1.54, 1.807) is 0 Å². The van der Waals surface area contributed by atoms with E-state index in [0.717, 1.165) is 25.0 Å². The van der Waals surface area contributed by atoms with Gasteiger partial charge >= 0.3 is 0 Å². The third kappa shape index (κ3) is 4.33. The normalized spacial score (nSPS) is 22.0. The van der Waals surface area contributed by atoms with Gasteiger partial charge in [-0.1, -0.05) is 18.2 Å². The second kappa shape index (κ2) is 9.32. The molecule has 1 aliphatic carbocycles. The number of pyridine rings is 1. The predicted molar refractivity (Wildman–Crippen MR) is 131 cm³/mol. The van der Waals surface area contributed by atoms with Gasteiger partial charge in [0.25, 0.3) is 0 Å². The molecule has 5 heteroatoms. The molecule has 3 aromatic rings. The fourth-order valence-corrected chi connectivity index (χ4v) is 5.77. The smallest absolute Gasteiger partial charge is 0.124 e. The van der Waals surface area contributed by atoms with Crippen LogP contribution in [0.4, 0.5) is 0 Å². The van der Waals surface area contributed by atoms with Crippen LogP contribution >= 0.6 is 0 Å². The van der Waals surface area contributed by atoms with Crippen molar-refractivity contribution in [3.05, 3.63) is 59.7 Å². The number of para-hydroxylation sites is 2. The molecule has 170 valence electrons. The van der Waals surface area contributed by atoms with E-state index < -0.39 is 0 Å². The molecule has 0 N–H and O–H groups in total. The first kappa shape index (κ1) is 21.6. The SMILES string of the molecule is CC(C)N1CCC[C@H](Cn2c(CN(C)[C@H]3CCCc4cccnc43)nc3ccccc32)C1. The Morgan fingerprint density at radius 3 is 2.84 bits per heavy atom. The van der Waals surface area contributed by atoms with Gasteiger partial charge in [0.2, 0.25) is 0 Å². The van der Waals surface area contributed by atoms with Gasteiger partial charge in [-0.25, -0.2) is 4.98 Å². The van der Waals surface area contributed by atoms with Crippen LogP contribution in [0.15, 0.2) is 42.6 Å². The molecule has 3 heterocycles. The predicted octanol–water partition coefficient (Wildman–Crippen LogP) is 5.06. The summed E-state index contributed by atoms with van der Waals surface area (Å²) >= 11 is 0.